The maximum Gasteiger partial charge on any atom is 0.333 e. The molecule has 0 N–H and O–H groups in total. The Morgan fingerprint density at radius 3 is 2.72 bits per heavy atom. The van der Waals surface area contributed by atoms with Gasteiger partial charge in [0.1, 0.15) is 5.60 Å². The zero-order valence-corrected chi connectivity index (χ0v) is 12.2. The summed E-state index contributed by atoms with van der Waals surface area (Å²) in [7, 11) is 0. The van der Waals surface area contributed by atoms with E-state index in [0.29, 0.717) is 11.5 Å². The number of rotatable bonds is 4. The summed E-state index contributed by atoms with van der Waals surface area (Å²) in [6.45, 7) is 12.1. The van der Waals surface area contributed by atoms with Crippen LogP contribution in [-0.4, -0.2) is 11.6 Å². The van der Waals surface area contributed by atoms with Gasteiger partial charge >= 0.3 is 5.97 Å². The minimum absolute atomic E-state index is 0.215. The van der Waals surface area contributed by atoms with E-state index in [2.05, 4.69) is 27.4 Å². The molecule has 102 valence electrons. The fourth-order valence-electron chi connectivity index (χ4n) is 4.41. The Labute approximate surface area is 111 Å². The van der Waals surface area contributed by atoms with Crippen LogP contribution in [0.2, 0.25) is 0 Å². The lowest BCUT2D eigenvalue weighted by atomic mass is 9.66. The molecule has 0 radical (unpaired) electrons. The zero-order valence-electron chi connectivity index (χ0n) is 12.2. The van der Waals surface area contributed by atoms with E-state index in [1.165, 1.54) is 32.1 Å². The second kappa shape index (κ2) is 4.40. The molecule has 2 nitrogen and oxygen atoms in total. The van der Waals surface area contributed by atoms with Gasteiger partial charge in [0.15, 0.2) is 0 Å². The Morgan fingerprint density at radius 2 is 2.17 bits per heavy atom. The standard InChI is InChI=1S/C16H26O2/c1-6-8-16-9-7-13(10-16)12(4)15(16,5)18-14(17)11(2)3/h12-13H,2,6-10H2,1,3-5H3. The number of carbonyl (C=O) groups excluding carboxylic acids is 1. The Kier molecular flexibility index (Phi) is 3.33. The molecule has 2 saturated carbocycles. The minimum atomic E-state index is -0.290. The Bertz CT molecular complexity index is 373. The van der Waals surface area contributed by atoms with Crippen molar-refractivity contribution in [2.24, 2.45) is 17.3 Å². The van der Waals surface area contributed by atoms with E-state index < -0.39 is 0 Å². The topological polar surface area (TPSA) is 26.3 Å². The molecule has 2 heteroatoms. The first kappa shape index (κ1) is 13.6. The van der Waals surface area contributed by atoms with Gasteiger partial charge in [0.2, 0.25) is 0 Å². The molecule has 0 aromatic carbocycles. The first-order chi connectivity index (χ1) is 8.36. The van der Waals surface area contributed by atoms with Crippen molar-refractivity contribution in [2.75, 3.05) is 0 Å². The molecule has 2 fully saturated rings. The number of hydrogen-bond donors (Lipinski definition) is 0. The third kappa shape index (κ3) is 1.72. The molecular formula is C16H26O2. The van der Waals surface area contributed by atoms with Crippen molar-refractivity contribution >= 4 is 5.97 Å². The summed E-state index contributed by atoms with van der Waals surface area (Å²) < 4.78 is 5.92. The van der Waals surface area contributed by atoms with Gasteiger partial charge in [-0.1, -0.05) is 26.8 Å². The summed E-state index contributed by atoms with van der Waals surface area (Å²) in [5.74, 6) is 0.993. The van der Waals surface area contributed by atoms with Crippen LogP contribution >= 0.6 is 0 Å². The molecule has 0 spiro atoms. The van der Waals surface area contributed by atoms with Crippen molar-refractivity contribution in [2.45, 2.75) is 65.4 Å². The van der Waals surface area contributed by atoms with Gasteiger partial charge in [-0.05, 0) is 51.4 Å². The molecule has 0 aliphatic heterocycles. The van der Waals surface area contributed by atoms with Crippen LogP contribution in [0.3, 0.4) is 0 Å². The zero-order chi connectivity index (χ0) is 13.6. The van der Waals surface area contributed by atoms with Gasteiger partial charge in [-0.15, -0.1) is 0 Å². The predicted molar refractivity (Wildman–Crippen MR) is 73.2 cm³/mol. The van der Waals surface area contributed by atoms with Crippen molar-refractivity contribution in [3.8, 4) is 0 Å². The summed E-state index contributed by atoms with van der Waals surface area (Å²) in [6.07, 6.45) is 6.10. The maximum atomic E-state index is 12.0. The van der Waals surface area contributed by atoms with Gasteiger partial charge in [-0.3, -0.25) is 0 Å². The summed E-state index contributed by atoms with van der Waals surface area (Å²) in [4.78, 5) is 12.0. The third-order valence-electron chi connectivity index (χ3n) is 5.66. The van der Waals surface area contributed by atoms with Crippen molar-refractivity contribution in [3.05, 3.63) is 12.2 Å². The highest BCUT2D eigenvalue weighted by Crippen LogP contribution is 2.65. The summed E-state index contributed by atoms with van der Waals surface area (Å²) in [5, 5.41) is 0. The van der Waals surface area contributed by atoms with Gasteiger partial charge in [0.25, 0.3) is 0 Å². The molecule has 2 aliphatic carbocycles. The Morgan fingerprint density at radius 1 is 1.50 bits per heavy atom. The monoisotopic (exact) mass is 250 g/mol. The van der Waals surface area contributed by atoms with Crippen LogP contribution < -0.4 is 0 Å². The largest absolute Gasteiger partial charge is 0.455 e. The lowest BCUT2D eigenvalue weighted by molar-refractivity contribution is -0.177. The molecule has 2 bridgehead atoms. The number of carbonyl (C=O) groups is 1. The molecule has 0 amide bonds. The van der Waals surface area contributed by atoms with Gasteiger partial charge in [-0.2, -0.15) is 0 Å². The SMILES string of the molecule is C=C(C)C(=O)OC1(C)C(C)C2CCC1(CCC)C2. The second-order valence-corrected chi connectivity index (χ2v) is 6.60. The van der Waals surface area contributed by atoms with E-state index in [1.54, 1.807) is 6.92 Å². The smallest absolute Gasteiger partial charge is 0.333 e. The van der Waals surface area contributed by atoms with Gasteiger partial charge in [-0.25, -0.2) is 4.79 Å². The summed E-state index contributed by atoms with van der Waals surface area (Å²) in [5.41, 5.74) is 0.441. The third-order valence-corrected chi connectivity index (χ3v) is 5.66. The van der Waals surface area contributed by atoms with Crippen LogP contribution in [0.5, 0.6) is 0 Å². The molecule has 0 saturated heterocycles. The van der Waals surface area contributed by atoms with Crippen LogP contribution in [0.15, 0.2) is 12.2 Å². The minimum Gasteiger partial charge on any atom is -0.455 e. The van der Waals surface area contributed by atoms with Crippen LogP contribution in [0.4, 0.5) is 0 Å². The van der Waals surface area contributed by atoms with Gasteiger partial charge < -0.3 is 4.74 Å². The lowest BCUT2D eigenvalue weighted by Gasteiger charge is -2.47. The lowest BCUT2D eigenvalue weighted by Crippen LogP contribution is -2.50. The first-order valence-corrected chi connectivity index (χ1v) is 7.25. The fraction of sp³-hybridized carbons (Fsp3) is 0.812. The molecule has 4 atom stereocenters. The molecule has 0 aromatic heterocycles. The summed E-state index contributed by atoms with van der Waals surface area (Å²) in [6, 6.07) is 0. The average Bonchev–Trinajstić information content (AvgIpc) is 2.79. The van der Waals surface area contributed by atoms with Crippen molar-refractivity contribution < 1.29 is 9.53 Å². The predicted octanol–water partition coefficient (Wildman–Crippen LogP) is 4.10. The molecular weight excluding hydrogens is 224 g/mol. The van der Waals surface area contributed by atoms with Crippen LogP contribution in [0.25, 0.3) is 0 Å². The maximum absolute atomic E-state index is 12.0. The molecule has 2 rings (SSSR count). The Hall–Kier alpha value is -0.790. The van der Waals surface area contributed by atoms with Crippen LogP contribution in [0, 0.1) is 17.3 Å². The number of esters is 1. The van der Waals surface area contributed by atoms with E-state index in [0.717, 1.165) is 5.92 Å². The quantitative estimate of drug-likeness (QED) is 0.554. The average molecular weight is 250 g/mol. The van der Waals surface area contributed by atoms with E-state index in [1.807, 2.05) is 0 Å². The van der Waals surface area contributed by atoms with Gasteiger partial charge in [0.05, 0.1) is 0 Å². The normalized spacial score (nSPS) is 42.0. The second-order valence-electron chi connectivity index (χ2n) is 6.60. The summed E-state index contributed by atoms with van der Waals surface area (Å²) >= 11 is 0. The van der Waals surface area contributed by atoms with Crippen LogP contribution in [0.1, 0.15) is 59.8 Å². The Balaban J connectivity index is 2.28. The number of fused-ring (bicyclic) bond motifs is 2. The van der Waals surface area contributed by atoms with E-state index >= 15 is 0 Å². The fourth-order valence-corrected chi connectivity index (χ4v) is 4.41. The van der Waals surface area contributed by atoms with Crippen molar-refractivity contribution in [1.82, 2.24) is 0 Å². The van der Waals surface area contributed by atoms with E-state index in [-0.39, 0.29) is 17.0 Å². The molecule has 0 heterocycles. The van der Waals surface area contributed by atoms with Crippen molar-refractivity contribution in [1.29, 1.82) is 0 Å². The highest BCUT2D eigenvalue weighted by Gasteiger charge is 2.64. The molecule has 18 heavy (non-hydrogen) atoms. The highest BCUT2D eigenvalue weighted by molar-refractivity contribution is 5.87. The molecule has 2 aliphatic rings. The highest BCUT2D eigenvalue weighted by atomic mass is 16.6. The van der Waals surface area contributed by atoms with E-state index in [9.17, 15) is 4.79 Å². The van der Waals surface area contributed by atoms with Crippen LogP contribution in [-0.2, 0) is 9.53 Å². The first-order valence-electron chi connectivity index (χ1n) is 7.25. The number of ether oxygens (including phenoxy) is 1. The molecule has 0 aromatic rings. The van der Waals surface area contributed by atoms with E-state index in [4.69, 9.17) is 4.74 Å². The molecule has 4 unspecified atom stereocenters. The van der Waals surface area contributed by atoms with Gasteiger partial charge in [0, 0.05) is 11.0 Å². The van der Waals surface area contributed by atoms with Crippen molar-refractivity contribution in [3.63, 3.8) is 0 Å². The number of hydrogen-bond acceptors (Lipinski definition) is 2.